The van der Waals surface area contributed by atoms with Gasteiger partial charge in [-0.15, -0.1) is 0 Å². The summed E-state index contributed by atoms with van der Waals surface area (Å²) in [6.45, 7) is 4.39. The lowest BCUT2D eigenvalue weighted by Crippen LogP contribution is -2.14. The second-order valence-corrected chi connectivity index (χ2v) is 4.44. The van der Waals surface area contributed by atoms with Gasteiger partial charge in [-0.25, -0.2) is 0 Å². The number of rotatable bonds is 4. The Labute approximate surface area is 102 Å². The summed E-state index contributed by atoms with van der Waals surface area (Å²) in [4.78, 5) is 4.33. The Kier molecular flexibility index (Phi) is 3.47. The molecule has 0 saturated heterocycles. The molecule has 0 aliphatic heterocycles. The highest BCUT2D eigenvalue weighted by Gasteiger charge is 2.06. The van der Waals surface area contributed by atoms with Crippen LogP contribution in [0.5, 0.6) is 0 Å². The van der Waals surface area contributed by atoms with Crippen molar-refractivity contribution >= 4 is 22.3 Å². The maximum atomic E-state index is 5.92. The van der Waals surface area contributed by atoms with Crippen molar-refractivity contribution in [3.05, 3.63) is 30.5 Å². The molecule has 2 aromatic rings. The third-order valence-corrected chi connectivity index (χ3v) is 2.92. The summed E-state index contributed by atoms with van der Waals surface area (Å²) in [5.41, 5.74) is 8.65. The Morgan fingerprint density at radius 3 is 2.94 bits per heavy atom. The Morgan fingerprint density at radius 2 is 2.18 bits per heavy atom. The summed E-state index contributed by atoms with van der Waals surface area (Å²) in [6, 6.07) is 8.41. The predicted molar refractivity (Wildman–Crippen MR) is 74.1 cm³/mol. The molecule has 3 nitrogen and oxygen atoms in total. The van der Waals surface area contributed by atoms with Crippen LogP contribution in [-0.4, -0.2) is 11.0 Å². The van der Waals surface area contributed by atoms with E-state index in [4.69, 9.17) is 5.73 Å². The fourth-order valence-electron chi connectivity index (χ4n) is 2.09. The minimum atomic E-state index is 0.465. The van der Waals surface area contributed by atoms with Crippen molar-refractivity contribution in [3.8, 4) is 0 Å². The van der Waals surface area contributed by atoms with Crippen LogP contribution < -0.4 is 11.1 Å². The van der Waals surface area contributed by atoms with E-state index in [2.05, 4.69) is 30.2 Å². The fraction of sp³-hybridized carbons (Fsp3) is 0.357. The van der Waals surface area contributed by atoms with Gasteiger partial charge in [0.1, 0.15) is 0 Å². The smallest absolute Gasteiger partial charge is 0.0951 e. The summed E-state index contributed by atoms with van der Waals surface area (Å²) in [5, 5.41) is 4.61. The molecule has 17 heavy (non-hydrogen) atoms. The predicted octanol–water partition coefficient (Wildman–Crippen LogP) is 3.42. The van der Waals surface area contributed by atoms with Gasteiger partial charge in [0.15, 0.2) is 0 Å². The van der Waals surface area contributed by atoms with Gasteiger partial charge >= 0.3 is 0 Å². The van der Waals surface area contributed by atoms with Crippen molar-refractivity contribution in [2.45, 2.75) is 32.7 Å². The van der Waals surface area contributed by atoms with Crippen molar-refractivity contribution in [1.29, 1.82) is 0 Å². The average Bonchev–Trinajstić information content (AvgIpc) is 2.34. The summed E-state index contributed by atoms with van der Waals surface area (Å²) in [7, 11) is 0. The van der Waals surface area contributed by atoms with Crippen molar-refractivity contribution in [2.24, 2.45) is 0 Å². The lowest BCUT2D eigenvalue weighted by Gasteiger charge is -2.16. The highest BCUT2D eigenvalue weighted by atomic mass is 14.9. The van der Waals surface area contributed by atoms with E-state index in [0.717, 1.165) is 28.7 Å². The molecule has 0 saturated carbocycles. The normalized spacial score (nSPS) is 12.6. The monoisotopic (exact) mass is 229 g/mol. The van der Waals surface area contributed by atoms with Crippen LogP contribution in [0, 0.1) is 0 Å². The Morgan fingerprint density at radius 1 is 1.35 bits per heavy atom. The maximum absolute atomic E-state index is 5.92. The Balaban J connectivity index is 2.38. The molecule has 1 aromatic heterocycles. The third kappa shape index (κ3) is 2.49. The topological polar surface area (TPSA) is 50.9 Å². The van der Waals surface area contributed by atoms with Crippen LogP contribution in [-0.2, 0) is 0 Å². The molecule has 0 bridgehead atoms. The lowest BCUT2D eigenvalue weighted by molar-refractivity contribution is 0.691. The molecule has 2 rings (SSSR count). The molecule has 3 N–H and O–H groups in total. The zero-order valence-electron chi connectivity index (χ0n) is 10.4. The first kappa shape index (κ1) is 11.7. The number of hydrogen-bond acceptors (Lipinski definition) is 3. The Bertz CT molecular complexity index is 508. The molecular weight excluding hydrogens is 210 g/mol. The van der Waals surface area contributed by atoms with Gasteiger partial charge in [0, 0.05) is 23.3 Å². The number of aromatic nitrogens is 1. The summed E-state index contributed by atoms with van der Waals surface area (Å²) >= 11 is 0. The highest BCUT2D eigenvalue weighted by molar-refractivity contribution is 5.98. The van der Waals surface area contributed by atoms with Gasteiger partial charge in [0.05, 0.1) is 11.2 Å². The fourth-order valence-corrected chi connectivity index (χ4v) is 2.09. The molecular formula is C14H19N3. The first-order valence-electron chi connectivity index (χ1n) is 6.12. The second kappa shape index (κ2) is 5.04. The number of nitrogens with zero attached hydrogens (tertiary/aromatic N) is 1. The van der Waals surface area contributed by atoms with Gasteiger partial charge in [-0.05, 0) is 37.6 Å². The second-order valence-electron chi connectivity index (χ2n) is 4.44. The van der Waals surface area contributed by atoms with Gasteiger partial charge in [-0.1, -0.05) is 13.3 Å². The van der Waals surface area contributed by atoms with Crippen LogP contribution in [0.1, 0.15) is 26.7 Å². The molecule has 0 spiro atoms. The number of nitrogens with two attached hydrogens (primary N) is 1. The van der Waals surface area contributed by atoms with Gasteiger partial charge in [0.25, 0.3) is 0 Å². The number of nitrogen functional groups attached to an aromatic ring is 1. The summed E-state index contributed by atoms with van der Waals surface area (Å²) in [6.07, 6.45) is 4.11. The van der Waals surface area contributed by atoms with Crippen molar-refractivity contribution in [1.82, 2.24) is 4.98 Å². The van der Waals surface area contributed by atoms with Crippen molar-refractivity contribution in [3.63, 3.8) is 0 Å². The van der Waals surface area contributed by atoms with Crippen LogP contribution in [0.4, 0.5) is 11.4 Å². The molecule has 3 heteroatoms. The molecule has 1 atom stereocenters. The molecule has 1 unspecified atom stereocenters. The van der Waals surface area contributed by atoms with E-state index in [9.17, 15) is 0 Å². The molecule has 1 aromatic carbocycles. The van der Waals surface area contributed by atoms with E-state index < -0.39 is 0 Å². The lowest BCUT2D eigenvalue weighted by atomic mass is 10.1. The molecule has 1 heterocycles. The van der Waals surface area contributed by atoms with E-state index in [1.165, 1.54) is 6.42 Å². The van der Waals surface area contributed by atoms with Crippen LogP contribution in [0.25, 0.3) is 10.9 Å². The van der Waals surface area contributed by atoms with Crippen LogP contribution in [0.3, 0.4) is 0 Å². The zero-order valence-corrected chi connectivity index (χ0v) is 10.4. The van der Waals surface area contributed by atoms with Crippen LogP contribution in [0.15, 0.2) is 30.5 Å². The SMILES string of the molecule is CCCC(C)Nc1ccc(N)c2ncccc12. The van der Waals surface area contributed by atoms with E-state index >= 15 is 0 Å². The van der Waals surface area contributed by atoms with Crippen LogP contribution in [0.2, 0.25) is 0 Å². The standard InChI is InChI=1S/C14H19N3/c1-3-5-10(2)17-13-8-7-12(15)14-11(13)6-4-9-16-14/h4,6-10,17H,3,5,15H2,1-2H3. The molecule has 90 valence electrons. The largest absolute Gasteiger partial charge is 0.397 e. The molecule has 0 radical (unpaired) electrons. The quantitative estimate of drug-likeness (QED) is 0.790. The minimum absolute atomic E-state index is 0.465. The van der Waals surface area contributed by atoms with Gasteiger partial charge in [-0.2, -0.15) is 0 Å². The third-order valence-electron chi connectivity index (χ3n) is 2.92. The first-order chi connectivity index (χ1) is 8.22. The number of nitrogens with one attached hydrogen (secondary N) is 1. The van der Waals surface area contributed by atoms with Crippen molar-refractivity contribution < 1.29 is 0 Å². The highest BCUT2D eigenvalue weighted by Crippen LogP contribution is 2.27. The molecule has 0 aliphatic rings. The minimum Gasteiger partial charge on any atom is -0.397 e. The van der Waals surface area contributed by atoms with E-state index in [-0.39, 0.29) is 0 Å². The number of hydrogen-bond donors (Lipinski definition) is 2. The summed E-state index contributed by atoms with van der Waals surface area (Å²) in [5.74, 6) is 0. The average molecular weight is 229 g/mol. The van der Waals surface area contributed by atoms with E-state index in [0.29, 0.717) is 6.04 Å². The molecule has 0 aliphatic carbocycles. The van der Waals surface area contributed by atoms with Gasteiger partial charge in [-0.3, -0.25) is 4.98 Å². The van der Waals surface area contributed by atoms with Gasteiger partial charge < -0.3 is 11.1 Å². The number of benzene rings is 1. The number of fused-ring (bicyclic) bond motifs is 1. The first-order valence-corrected chi connectivity index (χ1v) is 6.12. The Hall–Kier alpha value is -1.77. The van der Waals surface area contributed by atoms with E-state index in [1.54, 1.807) is 6.20 Å². The van der Waals surface area contributed by atoms with Crippen molar-refractivity contribution in [2.75, 3.05) is 11.1 Å². The number of pyridine rings is 1. The molecule has 0 fully saturated rings. The zero-order chi connectivity index (χ0) is 12.3. The maximum Gasteiger partial charge on any atom is 0.0951 e. The summed E-state index contributed by atoms with van der Waals surface area (Å²) < 4.78 is 0. The number of anilines is 2. The molecule has 0 amide bonds. The van der Waals surface area contributed by atoms with E-state index in [1.807, 2.05) is 18.2 Å². The van der Waals surface area contributed by atoms with Crippen LogP contribution >= 0.6 is 0 Å². The van der Waals surface area contributed by atoms with Gasteiger partial charge in [0.2, 0.25) is 0 Å².